The molecule has 0 aliphatic carbocycles. The summed E-state index contributed by atoms with van der Waals surface area (Å²) in [6.07, 6.45) is 3.04. The molecular formula is C16H14ClN3O5S. The SMILES string of the molecule is COC(=O)c1ccc(NC(=O)COC(=O)c2nc(SC)ncc2Cl)cc1. The Morgan fingerprint density at radius 2 is 1.88 bits per heavy atom. The number of nitrogens with zero attached hydrogens (tertiary/aromatic N) is 2. The van der Waals surface area contributed by atoms with Crippen LogP contribution in [0.25, 0.3) is 0 Å². The normalized spacial score (nSPS) is 10.1. The maximum Gasteiger partial charge on any atom is 0.359 e. The number of ether oxygens (including phenoxy) is 2. The van der Waals surface area contributed by atoms with Gasteiger partial charge in [0.25, 0.3) is 5.91 Å². The third-order valence-electron chi connectivity index (χ3n) is 3.02. The molecule has 0 fully saturated rings. The molecule has 0 bridgehead atoms. The van der Waals surface area contributed by atoms with Crippen LogP contribution in [0.5, 0.6) is 0 Å². The van der Waals surface area contributed by atoms with Gasteiger partial charge < -0.3 is 14.8 Å². The zero-order valence-electron chi connectivity index (χ0n) is 13.8. The number of anilines is 1. The topological polar surface area (TPSA) is 107 Å². The summed E-state index contributed by atoms with van der Waals surface area (Å²) in [7, 11) is 1.28. The van der Waals surface area contributed by atoms with E-state index < -0.39 is 24.5 Å². The lowest BCUT2D eigenvalue weighted by atomic mass is 10.2. The number of thioether (sulfide) groups is 1. The Bertz CT molecular complexity index is 829. The van der Waals surface area contributed by atoms with E-state index in [1.54, 1.807) is 6.26 Å². The van der Waals surface area contributed by atoms with Crippen LogP contribution in [-0.4, -0.2) is 47.8 Å². The number of rotatable bonds is 6. The molecule has 2 aromatic rings. The van der Waals surface area contributed by atoms with Crippen molar-refractivity contribution in [2.24, 2.45) is 0 Å². The molecule has 0 spiro atoms. The number of nitrogens with one attached hydrogen (secondary N) is 1. The van der Waals surface area contributed by atoms with Crippen molar-refractivity contribution in [3.8, 4) is 0 Å². The first kappa shape index (κ1) is 19.7. The van der Waals surface area contributed by atoms with Crippen molar-refractivity contribution in [2.75, 3.05) is 25.3 Å². The van der Waals surface area contributed by atoms with Gasteiger partial charge in [0.05, 0.1) is 23.9 Å². The van der Waals surface area contributed by atoms with Gasteiger partial charge in [-0.15, -0.1) is 0 Å². The number of aromatic nitrogens is 2. The standard InChI is InChI=1S/C16H14ClN3O5S/c1-24-14(22)9-3-5-10(6-4-9)19-12(21)8-25-15(23)13-11(17)7-18-16(20-13)26-2/h3-7H,8H2,1-2H3,(H,19,21). The lowest BCUT2D eigenvalue weighted by molar-refractivity contribution is -0.119. The second kappa shape index (κ2) is 9.16. The average molecular weight is 396 g/mol. The summed E-state index contributed by atoms with van der Waals surface area (Å²) in [4.78, 5) is 43.1. The van der Waals surface area contributed by atoms with Gasteiger partial charge in [-0.05, 0) is 30.5 Å². The smallest absolute Gasteiger partial charge is 0.359 e. The number of esters is 2. The summed E-state index contributed by atoms with van der Waals surface area (Å²) in [6.45, 7) is -0.521. The van der Waals surface area contributed by atoms with Crippen LogP contribution in [0.4, 0.5) is 5.69 Å². The summed E-state index contributed by atoms with van der Waals surface area (Å²) >= 11 is 7.11. The van der Waals surface area contributed by atoms with Crippen molar-refractivity contribution in [1.29, 1.82) is 0 Å². The van der Waals surface area contributed by atoms with E-state index in [-0.39, 0.29) is 10.7 Å². The first-order valence-electron chi connectivity index (χ1n) is 7.16. The third-order valence-corrected chi connectivity index (χ3v) is 3.86. The lowest BCUT2D eigenvalue weighted by Crippen LogP contribution is -2.21. The molecule has 136 valence electrons. The number of carbonyl (C=O) groups excluding carboxylic acids is 3. The molecule has 1 amide bonds. The van der Waals surface area contributed by atoms with Crippen molar-refractivity contribution < 1.29 is 23.9 Å². The molecule has 1 aromatic heterocycles. The third kappa shape index (κ3) is 5.17. The second-order valence-corrected chi connectivity index (χ2v) is 5.93. The minimum absolute atomic E-state index is 0.0339. The predicted molar refractivity (Wildman–Crippen MR) is 95.5 cm³/mol. The van der Waals surface area contributed by atoms with Crippen LogP contribution >= 0.6 is 23.4 Å². The van der Waals surface area contributed by atoms with Gasteiger partial charge in [-0.1, -0.05) is 23.4 Å². The summed E-state index contributed by atoms with van der Waals surface area (Å²) in [5.74, 6) is -1.87. The average Bonchev–Trinajstić information content (AvgIpc) is 2.66. The van der Waals surface area contributed by atoms with Gasteiger partial charge in [0.1, 0.15) is 0 Å². The molecule has 10 heteroatoms. The molecule has 0 unspecified atom stereocenters. The first-order chi connectivity index (χ1) is 12.4. The number of halogens is 1. The molecule has 8 nitrogen and oxygen atoms in total. The molecule has 0 saturated heterocycles. The largest absolute Gasteiger partial charge is 0.465 e. The fourth-order valence-corrected chi connectivity index (χ4v) is 2.31. The Labute approximate surface area is 158 Å². The highest BCUT2D eigenvalue weighted by atomic mass is 35.5. The lowest BCUT2D eigenvalue weighted by Gasteiger charge is -2.08. The number of hydrogen-bond donors (Lipinski definition) is 1. The molecule has 26 heavy (non-hydrogen) atoms. The number of methoxy groups -OCH3 is 1. The maximum absolute atomic E-state index is 12.0. The van der Waals surface area contributed by atoms with E-state index >= 15 is 0 Å². The summed E-state index contributed by atoms with van der Waals surface area (Å²) < 4.78 is 9.50. The highest BCUT2D eigenvalue weighted by Gasteiger charge is 2.17. The molecule has 0 aliphatic rings. The summed E-state index contributed by atoms with van der Waals surface area (Å²) in [5, 5.41) is 2.92. The van der Waals surface area contributed by atoms with E-state index in [1.807, 2.05) is 0 Å². The van der Waals surface area contributed by atoms with Gasteiger partial charge in [0.15, 0.2) is 17.5 Å². The number of amides is 1. The van der Waals surface area contributed by atoms with Crippen molar-refractivity contribution in [1.82, 2.24) is 9.97 Å². The van der Waals surface area contributed by atoms with Gasteiger partial charge in [0.2, 0.25) is 0 Å². The van der Waals surface area contributed by atoms with Crippen LogP contribution < -0.4 is 5.32 Å². The van der Waals surface area contributed by atoms with Crippen LogP contribution in [0, 0.1) is 0 Å². The van der Waals surface area contributed by atoms with Crippen LogP contribution in [-0.2, 0) is 14.3 Å². The Kier molecular flexibility index (Phi) is 6.93. The Hall–Kier alpha value is -2.65. The number of hydrogen-bond acceptors (Lipinski definition) is 8. The fraction of sp³-hybridized carbons (Fsp3) is 0.188. The highest BCUT2D eigenvalue weighted by molar-refractivity contribution is 7.98. The van der Waals surface area contributed by atoms with E-state index in [1.165, 1.54) is 49.3 Å². The predicted octanol–water partition coefficient (Wildman–Crippen LogP) is 2.43. The molecule has 1 heterocycles. The van der Waals surface area contributed by atoms with Gasteiger partial charge in [-0.3, -0.25) is 4.79 Å². The minimum atomic E-state index is -0.830. The van der Waals surface area contributed by atoms with Crippen molar-refractivity contribution in [3.63, 3.8) is 0 Å². The Balaban J connectivity index is 1.92. The van der Waals surface area contributed by atoms with Crippen LogP contribution in [0.15, 0.2) is 35.6 Å². The van der Waals surface area contributed by atoms with Crippen molar-refractivity contribution in [2.45, 2.75) is 5.16 Å². The zero-order valence-corrected chi connectivity index (χ0v) is 15.4. The number of carbonyl (C=O) groups is 3. The highest BCUT2D eigenvalue weighted by Crippen LogP contribution is 2.17. The van der Waals surface area contributed by atoms with Crippen molar-refractivity contribution >= 4 is 46.9 Å². The van der Waals surface area contributed by atoms with Crippen molar-refractivity contribution in [3.05, 3.63) is 46.7 Å². The van der Waals surface area contributed by atoms with E-state index in [4.69, 9.17) is 16.3 Å². The van der Waals surface area contributed by atoms with E-state index in [2.05, 4.69) is 20.0 Å². The molecule has 0 saturated carbocycles. The maximum atomic E-state index is 12.0. The Morgan fingerprint density at radius 3 is 2.50 bits per heavy atom. The van der Waals surface area contributed by atoms with Gasteiger partial charge >= 0.3 is 11.9 Å². The molecule has 1 N–H and O–H groups in total. The van der Waals surface area contributed by atoms with Gasteiger partial charge in [-0.2, -0.15) is 0 Å². The second-order valence-electron chi connectivity index (χ2n) is 4.75. The van der Waals surface area contributed by atoms with Crippen LogP contribution in [0.2, 0.25) is 5.02 Å². The van der Waals surface area contributed by atoms with Crippen LogP contribution in [0.3, 0.4) is 0 Å². The quantitative estimate of drug-likeness (QED) is 0.451. The van der Waals surface area contributed by atoms with Crippen LogP contribution in [0.1, 0.15) is 20.8 Å². The molecule has 0 aliphatic heterocycles. The number of benzene rings is 1. The molecule has 1 aromatic carbocycles. The molecular weight excluding hydrogens is 382 g/mol. The monoisotopic (exact) mass is 395 g/mol. The van der Waals surface area contributed by atoms with Gasteiger partial charge in [-0.25, -0.2) is 19.6 Å². The first-order valence-corrected chi connectivity index (χ1v) is 8.76. The zero-order chi connectivity index (χ0) is 19.1. The summed E-state index contributed by atoms with van der Waals surface area (Å²) in [6, 6.07) is 6.05. The minimum Gasteiger partial charge on any atom is -0.465 e. The summed E-state index contributed by atoms with van der Waals surface area (Å²) in [5.41, 5.74) is 0.671. The molecule has 0 atom stereocenters. The van der Waals surface area contributed by atoms with E-state index in [0.717, 1.165) is 0 Å². The molecule has 0 radical (unpaired) electrons. The van der Waals surface area contributed by atoms with E-state index in [0.29, 0.717) is 16.4 Å². The van der Waals surface area contributed by atoms with E-state index in [9.17, 15) is 14.4 Å². The fourth-order valence-electron chi connectivity index (χ4n) is 1.80. The molecule has 2 rings (SSSR count). The Morgan fingerprint density at radius 1 is 1.19 bits per heavy atom. The van der Waals surface area contributed by atoms with Gasteiger partial charge in [0, 0.05) is 5.69 Å².